The van der Waals surface area contributed by atoms with E-state index in [0.29, 0.717) is 5.56 Å². The lowest BCUT2D eigenvalue weighted by molar-refractivity contribution is 0.257. The van der Waals surface area contributed by atoms with E-state index in [2.05, 4.69) is 5.32 Å². The monoisotopic (exact) mass is 281 g/mol. The van der Waals surface area contributed by atoms with Crippen LogP contribution < -0.4 is 10.1 Å². The second-order valence-electron chi connectivity index (χ2n) is 4.25. The molecule has 0 bridgehead atoms. The summed E-state index contributed by atoms with van der Waals surface area (Å²) in [6.07, 6.45) is 0. The molecule has 2 aromatic carbocycles. The number of rotatable bonds is 5. The summed E-state index contributed by atoms with van der Waals surface area (Å²) in [5.41, 5.74) is 0.409. The van der Waals surface area contributed by atoms with Crippen molar-refractivity contribution in [1.82, 2.24) is 5.32 Å². The van der Waals surface area contributed by atoms with Crippen LogP contribution in [0.1, 0.15) is 11.6 Å². The summed E-state index contributed by atoms with van der Waals surface area (Å²) in [7, 11) is 1.64. The van der Waals surface area contributed by atoms with Gasteiger partial charge in [-0.05, 0) is 25.2 Å². The van der Waals surface area contributed by atoms with Crippen molar-refractivity contribution in [2.75, 3.05) is 13.7 Å². The second-order valence-corrected chi connectivity index (χ2v) is 4.25. The molecule has 1 atom stereocenters. The van der Waals surface area contributed by atoms with Crippen LogP contribution in [0.15, 0.2) is 42.5 Å². The van der Waals surface area contributed by atoms with Crippen LogP contribution in [0.4, 0.5) is 13.2 Å². The quantitative estimate of drug-likeness (QED) is 0.906. The van der Waals surface area contributed by atoms with Gasteiger partial charge >= 0.3 is 0 Å². The molecule has 0 aliphatic heterocycles. The lowest BCUT2D eigenvalue weighted by atomic mass is 10.1. The van der Waals surface area contributed by atoms with Crippen LogP contribution in [0.25, 0.3) is 0 Å². The summed E-state index contributed by atoms with van der Waals surface area (Å²) in [6.45, 7) is -0.0161. The highest BCUT2D eigenvalue weighted by atomic mass is 19.1. The number of ether oxygens (including phenoxy) is 1. The molecule has 106 valence electrons. The van der Waals surface area contributed by atoms with Crippen LogP contribution in [0, 0.1) is 17.5 Å². The van der Waals surface area contributed by atoms with Crippen molar-refractivity contribution >= 4 is 0 Å². The summed E-state index contributed by atoms with van der Waals surface area (Å²) in [5, 5.41) is 2.88. The molecule has 5 heteroatoms. The highest BCUT2D eigenvalue weighted by Gasteiger charge is 2.15. The van der Waals surface area contributed by atoms with E-state index in [1.165, 1.54) is 6.07 Å². The van der Waals surface area contributed by atoms with Gasteiger partial charge in [-0.25, -0.2) is 13.2 Å². The Kier molecular flexibility index (Phi) is 4.63. The summed E-state index contributed by atoms with van der Waals surface area (Å²) in [6, 6.07) is 8.73. The Hall–Kier alpha value is -2.01. The minimum atomic E-state index is -0.658. The molecule has 0 amide bonds. The van der Waals surface area contributed by atoms with E-state index in [4.69, 9.17) is 4.74 Å². The third-order valence-corrected chi connectivity index (χ3v) is 2.93. The van der Waals surface area contributed by atoms with E-state index in [-0.39, 0.29) is 18.2 Å². The Balaban J connectivity index is 2.12. The molecule has 0 aliphatic carbocycles. The van der Waals surface area contributed by atoms with E-state index in [9.17, 15) is 13.2 Å². The summed E-state index contributed by atoms with van der Waals surface area (Å²) < 4.78 is 45.3. The topological polar surface area (TPSA) is 21.3 Å². The maximum atomic E-state index is 13.7. The number of benzene rings is 2. The van der Waals surface area contributed by atoms with Gasteiger partial charge in [0.15, 0.2) is 11.6 Å². The van der Waals surface area contributed by atoms with Gasteiger partial charge in [-0.3, -0.25) is 0 Å². The smallest absolute Gasteiger partial charge is 0.165 e. The van der Waals surface area contributed by atoms with E-state index < -0.39 is 17.7 Å². The molecule has 0 aliphatic rings. The molecular formula is C15H14F3NO. The molecule has 0 saturated heterocycles. The molecule has 0 heterocycles. The van der Waals surface area contributed by atoms with Crippen molar-refractivity contribution in [3.63, 3.8) is 0 Å². The number of nitrogens with one attached hydrogen (secondary N) is 1. The first-order valence-corrected chi connectivity index (χ1v) is 6.11. The van der Waals surface area contributed by atoms with Gasteiger partial charge in [0.05, 0.1) is 6.04 Å². The molecular weight excluding hydrogens is 267 g/mol. The lowest BCUT2D eigenvalue weighted by Gasteiger charge is -2.18. The minimum absolute atomic E-state index is 0.0161. The summed E-state index contributed by atoms with van der Waals surface area (Å²) in [5.74, 6) is -1.82. The van der Waals surface area contributed by atoms with Crippen LogP contribution in [-0.4, -0.2) is 13.7 Å². The normalized spacial score (nSPS) is 12.2. The SMILES string of the molecule is CNC(COc1cc(F)ccc1F)c1ccccc1F. The average molecular weight is 281 g/mol. The largest absolute Gasteiger partial charge is 0.488 e. The number of hydrogen-bond acceptors (Lipinski definition) is 2. The first-order chi connectivity index (χ1) is 9.61. The van der Waals surface area contributed by atoms with Crippen LogP contribution in [0.5, 0.6) is 5.75 Å². The van der Waals surface area contributed by atoms with Gasteiger partial charge < -0.3 is 10.1 Å². The number of likely N-dealkylation sites (N-methyl/N-ethyl adjacent to an activating group) is 1. The molecule has 1 unspecified atom stereocenters. The van der Waals surface area contributed by atoms with Crippen molar-refractivity contribution in [2.24, 2.45) is 0 Å². The van der Waals surface area contributed by atoms with Crippen LogP contribution in [-0.2, 0) is 0 Å². The fraction of sp³-hybridized carbons (Fsp3) is 0.200. The Morgan fingerprint density at radius 2 is 1.80 bits per heavy atom. The molecule has 0 fully saturated rings. The van der Waals surface area contributed by atoms with Crippen LogP contribution in [0.2, 0.25) is 0 Å². The van der Waals surface area contributed by atoms with E-state index in [0.717, 1.165) is 18.2 Å². The average Bonchev–Trinajstić information content (AvgIpc) is 2.45. The summed E-state index contributed by atoms with van der Waals surface area (Å²) in [4.78, 5) is 0. The second kappa shape index (κ2) is 6.43. The van der Waals surface area contributed by atoms with Crippen molar-refractivity contribution in [1.29, 1.82) is 0 Å². The standard InChI is InChI=1S/C15H14F3NO/c1-19-14(11-4-2-3-5-12(11)17)9-20-15-8-10(16)6-7-13(15)18/h2-8,14,19H,9H2,1H3. The molecule has 0 spiro atoms. The first kappa shape index (κ1) is 14.4. The van der Waals surface area contributed by atoms with Crippen molar-refractivity contribution in [2.45, 2.75) is 6.04 Å². The predicted octanol–water partition coefficient (Wildman–Crippen LogP) is 3.44. The zero-order chi connectivity index (χ0) is 14.5. The van der Waals surface area contributed by atoms with Crippen molar-refractivity contribution in [3.05, 3.63) is 65.5 Å². The van der Waals surface area contributed by atoms with Gasteiger partial charge in [0.2, 0.25) is 0 Å². The van der Waals surface area contributed by atoms with Gasteiger partial charge in [-0.2, -0.15) is 0 Å². The van der Waals surface area contributed by atoms with Gasteiger partial charge in [-0.1, -0.05) is 18.2 Å². The highest BCUT2D eigenvalue weighted by Crippen LogP contribution is 2.21. The Labute approximate surface area is 115 Å². The predicted molar refractivity (Wildman–Crippen MR) is 70.1 cm³/mol. The molecule has 0 aromatic heterocycles. The molecule has 2 rings (SSSR count). The van der Waals surface area contributed by atoms with Gasteiger partial charge in [-0.15, -0.1) is 0 Å². The minimum Gasteiger partial charge on any atom is -0.488 e. The zero-order valence-corrected chi connectivity index (χ0v) is 10.9. The number of hydrogen-bond donors (Lipinski definition) is 1. The first-order valence-electron chi connectivity index (χ1n) is 6.11. The highest BCUT2D eigenvalue weighted by molar-refractivity contribution is 5.26. The van der Waals surface area contributed by atoms with E-state index in [1.54, 1.807) is 25.2 Å². The third-order valence-electron chi connectivity index (χ3n) is 2.93. The van der Waals surface area contributed by atoms with E-state index >= 15 is 0 Å². The van der Waals surface area contributed by atoms with Gasteiger partial charge in [0.1, 0.15) is 18.2 Å². The molecule has 2 nitrogen and oxygen atoms in total. The third kappa shape index (κ3) is 3.30. The fourth-order valence-electron chi connectivity index (χ4n) is 1.85. The van der Waals surface area contributed by atoms with Crippen LogP contribution >= 0.6 is 0 Å². The molecule has 0 radical (unpaired) electrons. The maximum absolute atomic E-state index is 13.7. The zero-order valence-electron chi connectivity index (χ0n) is 10.9. The molecule has 0 saturated carbocycles. The van der Waals surface area contributed by atoms with E-state index in [1.807, 2.05) is 0 Å². The number of halogens is 3. The van der Waals surface area contributed by atoms with Crippen LogP contribution in [0.3, 0.4) is 0 Å². The Bertz CT molecular complexity index is 589. The van der Waals surface area contributed by atoms with Gasteiger partial charge in [0.25, 0.3) is 0 Å². The Morgan fingerprint density at radius 3 is 2.50 bits per heavy atom. The maximum Gasteiger partial charge on any atom is 0.165 e. The van der Waals surface area contributed by atoms with Crippen molar-refractivity contribution < 1.29 is 17.9 Å². The Morgan fingerprint density at radius 1 is 1.05 bits per heavy atom. The lowest BCUT2D eigenvalue weighted by Crippen LogP contribution is -2.24. The fourth-order valence-corrected chi connectivity index (χ4v) is 1.85. The summed E-state index contributed by atoms with van der Waals surface area (Å²) >= 11 is 0. The van der Waals surface area contributed by atoms with Gasteiger partial charge in [0, 0.05) is 11.6 Å². The molecule has 2 aromatic rings. The van der Waals surface area contributed by atoms with Crippen molar-refractivity contribution in [3.8, 4) is 5.75 Å². The molecule has 1 N–H and O–H groups in total. The molecule has 20 heavy (non-hydrogen) atoms.